The Morgan fingerprint density at radius 1 is 1.05 bits per heavy atom. The molecule has 0 bridgehead atoms. The summed E-state index contributed by atoms with van der Waals surface area (Å²) < 4.78 is 5.93. The van der Waals surface area contributed by atoms with Crippen molar-refractivity contribution in [2.75, 3.05) is 6.61 Å². The zero-order chi connectivity index (χ0) is 16.6. The first-order valence-corrected chi connectivity index (χ1v) is 9.52. The summed E-state index contributed by atoms with van der Waals surface area (Å²) >= 11 is 0. The summed E-state index contributed by atoms with van der Waals surface area (Å²) in [5.41, 5.74) is 0.100. The highest BCUT2D eigenvalue weighted by Crippen LogP contribution is 2.38. The van der Waals surface area contributed by atoms with Crippen molar-refractivity contribution < 1.29 is 4.74 Å². The monoisotopic (exact) mass is 309 g/mol. The van der Waals surface area contributed by atoms with Gasteiger partial charge in [-0.3, -0.25) is 0 Å². The minimum atomic E-state index is -0.0597. The average molecular weight is 310 g/mol. The lowest BCUT2D eigenvalue weighted by Crippen LogP contribution is -2.39. The van der Waals surface area contributed by atoms with Gasteiger partial charge in [0.2, 0.25) is 0 Å². The van der Waals surface area contributed by atoms with Crippen molar-refractivity contribution in [3.63, 3.8) is 0 Å². The molecule has 0 aromatic rings. The van der Waals surface area contributed by atoms with Gasteiger partial charge in [0.15, 0.2) is 5.90 Å². The zero-order valence-electron chi connectivity index (χ0n) is 16.0. The van der Waals surface area contributed by atoms with Crippen LogP contribution in [0.1, 0.15) is 99.3 Å². The molecule has 0 aliphatic carbocycles. The van der Waals surface area contributed by atoms with Crippen LogP contribution in [0.3, 0.4) is 0 Å². The molecular weight excluding hydrogens is 270 g/mol. The van der Waals surface area contributed by atoms with Crippen molar-refractivity contribution in [3.8, 4) is 0 Å². The first kappa shape index (κ1) is 19.5. The number of rotatable bonds is 10. The molecule has 0 saturated carbocycles. The molecule has 130 valence electrons. The summed E-state index contributed by atoms with van der Waals surface area (Å²) in [7, 11) is 0. The van der Waals surface area contributed by atoms with Gasteiger partial charge in [-0.1, -0.05) is 86.0 Å². The van der Waals surface area contributed by atoms with Crippen LogP contribution in [0.5, 0.6) is 0 Å². The molecule has 1 heterocycles. The molecule has 2 heteroatoms. The zero-order valence-corrected chi connectivity index (χ0v) is 16.0. The van der Waals surface area contributed by atoms with E-state index >= 15 is 0 Å². The van der Waals surface area contributed by atoms with Crippen LogP contribution in [0.4, 0.5) is 0 Å². The fourth-order valence-electron chi connectivity index (χ4n) is 2.87. The van der Waals surface area contributed by atoms with Crippen LogP contribution in [-0.4, -0.2) is 18.0 Å². The van der Waals surface area contributed by atoms with Gasteiger partial charge >= 0.3 is 0 Å². The Hall–Kier alpha value is -0.530. The summed E-state index contributed by atoms with van der Waals surface area (Å²) in [6, 6.07) is 0. The maximum atomic E-state index is 5.93. The highest BCUT2D eigenvalue weighted by atomic mass is 16.5. The van der Waals surface area contributed by atoms with Crippen LogP contribution in [0, 0.1) is 11.3 Å². The summed E-state index contributed by atoms with van der Waals surface area (Å²) in [6.07, 6.45) is 12.3. The van der Waals surface area contributed by atoms with E-state index in [0.29, 0.717) is 5.92 Å². The molecule has 1 rings (SSSR count). The first-order chi connectivity index (χ1) is 10.3. The molecule has 2 nitrogen and oxygen atoms in total. The maximum Gasteiger partial charge on any atom is 0.186 e. The van der Waals surface area contributed by atoms with Crippen LogP contribution in [0.15, 0.2) is 4.99 Å². The minimum Gasteiger partial charge on any atom is -0.478 e. The van der Waals surface area contributed by atoms with Crippen molar-refractivity contribution in [1.29, 1.82) is 0 Å². The standard InChI is InChI=1S/C20H39NO/c1-7-8-9-10-11-12-13-14-15-17(2)18-21-20(6,16-22-18)19(3,4)5/h17H,7-16H2,1-6H3. The van der Waals surface area contributed by atoms with Gasteiger partial charge in [-0.25, -0.2) is 4.99 Å². The van der Waals surface area contributed by atoms with Crippen molar-refractivity contribution in [3.05, 3.63) is 0 Å². The van der Waals surface area contributed by atoms with Gasteiger partial charge in [0.25, 0.3) is 0 Å². The first-order valence-electron chi connectivity index (χ1n) is 9.52. The summed E-state index contributed by atoms with van der Waals surface area (Å²) in [5, 5.41) is 0. The maximum absolute atomic E-state index is 5.93. The van der Waals surface area contributed by atoms with Gasteiger partial charge < -0.3 is 4.74 Å². The lowest BCUT2D eigenvalue weighted by Gasteiger charge is -2.33. The molecule has 2 unspecified atom stereocenters. The van der Waals surface area contributed by atoms with Gasteiger partial charge in [-0.15, -0.1) is 0 Å². The lowest BCUT2D eigenvalue weighted by molar-refractivity contribution is 0.151. The molecule has 2 atom stereocenters. The van der Waals surface area contributed by atoms with Gasteiger partial charge in [-0.05, 0) is 18.8 Å². The fraction of sp³-hybridized carbons (Fsp3) is 0.950. The van der Waals surface area contributed by atoms with E-state index in [4.69, 9.17) is 9.73 Å². The molecule has 0 saturated heterocycles. The average Bonchev–Trinajstić information content (AvgIpc) is 2.85. The topological polar surface area (TPSA) is 21.6 Å². The highest BCUT2D eigenvalue weighted by Gasteiger charge is 2.43. The molecule has 22 heavy (non-hydrogen) atoms. The normalized spacial score (nSPS) is 23.3. The number of aliphatic imine (C=N–C) groups is 1. The Morgan fingerprint density at radius 2 is 1.59 bits per heavy atom. The van der Waals surface area contributed by atoms with Crippen LogP contribution in [-0.2, 0) is 4.74 Å². The van der Waals surface area contributed by atoms with Crippen molar-refractivity contribution in [1.82, 2.24) is 0 Å². The molecule has 1 aliphatic rings. The predicted molar refractivity (Wildman–Crippen MR) is 97.6 cm³/mol. The van der Waals surface area contributed by atoms with Crippen LogP contribution in [0.2, 0.25) is 0 Å². The Kier molecular flexibility index (Phi) is 7.93. The van der Waals surface area contributed by atoms with Crippen molar-refractivity contribution >= 4 is 5.90 Å². The Labute approximate surface area is 139 Å². The number of nitrogens with zero attached hydrogens (tertiary/aromatic N) is 1. The van der Waals surface area contributed by atoms with Gasteiger partial charge in [0, 0.05) is 5.92 Å². The van der Waals surface area contributed by atoms with E-state index in [2.05, 4.69) is 41.5 Å². The van der Waals surface area contributed by atoms with E-state index in [1.54, 1.807) is 0 Å². The van der Waals surface area contributed by atoms with Crippen LogP contribution >= 0.6 is 0 Å². The third-order valence-corrected chi connectivity index (χ3v) is 5.39. The third kappa shape index (κ3) is 5.93. The van der Waals surface area contributed by atoms with Gasteiger partial charge in [-0.2, -0.15) is 0 Å². The second-order valence-corrected chi connectivity index (χ2v) is 8.43. The molecule has 0 aromatic carbocycles. The molecule has 0 spiro atoms. The number of ether oxygens (including phenoxy) is 1. The quantitative estimate of drug-likeness (QED) is 0.429. The molecule has 0 N–H and O–H groups in total. The van der Waals surface area contributed by atoms with E-state index in [1.165, 1.54) is 57.8 Å². The minimum absolute atomic E-state index is 0.0597. The van der Waals surface area contributed by atoms with Crippen molar-refractivity contribution in [2.24, 2.45) is 16.3 Å². The Balaban J connectivity index is 2.21. The van der Waals surface area contributed by atoms with Gasteiger partial charge in [0.05, 0.1) is 0 Å². The SMILES string of the molecule is CCCCCCCCCCC(C)C1=NC(C)(C(C)(C)C)CO1. The Morgan fingerprint density at radius 3 is 2.09 bits per heavy atom. The van der Waals surface area contributed by atoms with E-state index in [0.717, 1.165) is 12.5 Å². The number of hydrogen-bond acceptors (Lipinski definition) is 2. The molecule has 0 aromatic heterocycles. The molecule has 1 aliphatic heterocycles. The highest BCUT2D eigenvalue weighted by molar-refractivity contribution is 5.80. The molecular formula is C20H39NO. The summed E-state index contributed by atoms with van der Waals surface area (Å²) in [4.78, 5) is 4.93. The summed E-state index contributed by atoms with van der Waals surface area (Å²) in [5.74, 6) is 1.48. The Bertz CT molecular complexity index is 342. The van der Waals surface area contributed by atoms with Gasteiger partial charge in [0.1, 0.15) is 12.1 Å². The van der Waals surface area contributed by atoms with E-state index in [-0.39, 0.29) is 11.0 Å². The smallest absolute Gasteiger partial charge is 0.186 e. The number of hydrogen-bond donors (Lipinski definition) is 0. The molecule has 0 amide bonds. The van der Waals surface area contributed by atoms with Crippen LogP contribution < -0.4 is 0 Å². The number of unbranched alkanes of at least 4 members (excludes halogenated alkanes) is 7. The summed E-state index contributed by atoms with van der Waals surface area (Å²) in [6.45, 7) is 14.3. The lowest BCUT2D eigenvalue weighted by atomic mass is 9.76. The fourth-order valence-corrected chi connectivity index (χ4v) is 2.87. The van der Waals surface area contributed by atoms with E-state index < -0.39 is 0 Å². The second-order valence-electron chi connectivity index (χ2n) is 8.43. The molecule has 0 fully saturated rings. The molecule has 0 radical (unpaired) electrons. The van der Waals surface area contributed by atoms with E-state index in [9.17, 15) is 0 Å². The predicted octanol–water partition coefficient (Wildman–Crippen LogP) is 6.39. The third-order valence-electron chi connectivity index (χ3n) is 5.39. The van der Waals surface area contributed by atoms with E-state index in [1.807, 2.05) is 0 Å². The van der Waals surface area contributed by atoms with Crippen molar-refractivity contribution in [2.45, 2.75) is 105 Å². The van der Waals surface area contributed by atoms with Crippen LogP contribution in [0.25, 0.3) is 0 Å². The largest absolute Gasteiger partial charge is 0.478 e. The second kappa shape index (κ2) is 8.93.